The fourth-order valence-corrected chi connectivity index (χ4v) is 2.92. The summed E-state index contributed by atoms with van der Waals surface area (Å²) in [6.07, 6.45) is -0.646. The molecule has 7 nitrogen and oxygen atoms in total. The van der Waals surface area contributed by atoms with Crippen LogP contribution in [0.2, 0.25) is 0 Å². The lowest BCUT2D eigenvalue weighted by atomic mass is 10.0. The van der Waals surface area contributed by atoms with Gasteiger partial charge in [-0.15, -0.1) is 0 Å². The van der Waals surface area contributed by atoms with Gasteiger partial charge < -0.3 is 14.9 Å². The Morgan fingerprint density at radius 2 is 2.00 bits per heavy atom. The fraction of sp³-hybridized carbons (Fsp3) is 0.211. The van der Waals surface area contributed by atoms with Gasteiger partial charge in [0.25, 0.3) is 5.91 Å². The summed E-state index contributed by atoms with van der Waals surface area (Å²) in [6, 6.07) is 16.7. The van der Waals surface area contributed by atoms with Crippen molar-refractivity contribution >= 4 is 29.1 Å². The van der Waals surface area contributed by atoms with Crippen molar-refractivity contribution in [1.82, 2.24) is 0 Å². The SMILES string of the molecule is O=C(Nc1cccc(N2CCOC2=O)c1)[C@@H]1CC(c2ccccc2)=NO1. The average Bonchev–Trinajstić information content (AvgIpc) is 3.32. The molecule has 132 valence electrons. The van der Waals surface area contributed by atoms with Gasteiger partial charge in [-0.05, 0) is 23.8 Å². The van der Waals surface area contributed by atoms with E-state index in [2.05, 4.69) is 10.5 Å². The number of nitrogens with zero attached hydrogens (tertiary/aromatic N) is 2. The van der Waals surface area contributed by atoms with Crippen LogP contribution in [0.1, 0.15) is 12.0 Å². The summed E-state index contributed by atoms with van der Waals surface area (Å²) in [5, 5.41) is 6.85. The van der Waals surface area contributed by atoms with E-state index in [1.54, 1.807) is 24.3 Å². The fourth-order valence-electron chi connectivity index (χ4n) is 2.92. The Balaban J connectivity index is 1.41. The average molecular weight is 351 g/mol. The third kappa shape index (κ3) is 3.23. The summed E-state index contributed by atoms with van der Waals surface area (Å²) in [5.41, 5.74) is 2.96. The van der Waals surface area contributed by atoms with E-state index in [1.807, 2.05) is 30.3 Å². The molecule has 2 aliphatic rings. The van der Waals surface area contributed by atoms with Crippen molar-refractivity contribution in [2.45, 2.75) is 12.5 Å². The molecule has 2 aromatic carbocycles. The van der Waals surface area contributed by atoms with E-state index in [4.69, 9.17) is 9.57 Å². The first kappa shape index (κ1) is 16.1. The molecule has 7 heteroatoms. The van der Waals surface area contributed by atoms with Crippen LogP contribution in [0, 0.1) is 0 Å². The number of anilines is 2. The number of nitrogens with one attached hydrogen (secondary N) is 1. The molecule has 0 aliphatic carbocycles. The van der Waals surface area contributed by atoms with Gasteiger partial charge in [-0.1, -0.05) is 41.6 Å². The van der Waals surface area contributed by atoms with Gasteiger partial charge in [0, 0.05) is 17.8 Å². The zero-order chi connectivity index (χ0) is 17.9. The number of amides is 2. The molecule has 2 aliphatic heterocycles. The van der Waals surface area contributed by atoms with Gasteiger partial charge in [0.1, 0.15) is 6.61 Å². The number of rotatable bonds is 4. The summed E-state index contributed by atoms with van der Waals surface area (Å²) in [4.78, 5) is 31.0. The Morgan fingerprint density at radius 1 is 1.15 bits per heavy atom. The van der Waals surface area contributed by atoms with Crippen LogP contribution in [0.4, 0.5) is 16.2 Å². The predicted molar refractivity (Wildman–Crippen MR) is 96.2 cm³/mol. The molecule has 2 amide bonds. The molecule has 1 fully saturated rings. The molecule has 1 atom stereocenters. The van der Waals surface area contributed by atoms with Crippen molar-refractivity contribution in [2.75, 3.05) is 23.4 Å². The minimum Gasteiger partial charge on any atom is -0.447 e. The monoisotopic (exact) mass is 351 g/mol. The molecular weight excluding hydrogens is 334 g/mol. The van der Waals surface area contributed by atoms with Gasteiger partial charge in [0.15, 0.2) is 0 Å². The minimum absolute atomic E-state index is 0.277. The van der Waals surface area contributed by atoms with Crippen molar-refractivity contribution in [3.05, 3.63) is 60.2 Å². The number of oxime groups is 1. The van der Waals surface area contributed by atoms with Crippen LogP contribution < -0.4 is 10.2 Å². The first-order valence-corrected chi connectivity index (χ1v) is 8.34. The molecule has 0 bridgehead atoms. The van der Waals surface area contributed by atoms with Crippen molar-refractivity contribution < 1.29 is 19.2 Å². The number of hydrogen-bond acceptors (Lipinski definition) is 5. The highest BCUT2D eigenvalue weighted by Gasteiger charge is 2.29. The zero-order valence-corrected chi connectivity index (χ0v) is 13.9. The standard InChI is InChI=1S/C19H17N3O4/c23-18(17-12-16(21-26-17)13-5-2-1-3-6-13)20-14-7-4-8-15(11-14)22-9-10-25-19(22)24/h1-8,11,17H,9-10,12H2,(H,20,23)/t17-/m0/s1. The van der Waals surface area contributed by atoms with Crippen LogP contribution in [0.15, 0.2) is 59.8 Å². The normalized spacial score (nSPS) is 18.9. The third-order valence-corrected chi connectivity index (χ3v) is 4.25. The van der Waals surface area contributed by atoms with E-state index < -0.39 is 6.10 Å². The number of ether oxygens (including phenoxy) is 1. The molecule has 0 aromatic heterocycles. The summed E-state index contributed by atoms with van der Waals surface area (Å²) in [6.45, 7) is 0.862. The molecule has 0 radical (unpaired) electrons. The first-order valence-electron chi connectivity index (χ1n) is 8.34. The second kappa shape index (κ2) is 6.87. The van der Waals surface area contributed by atoms with Gasteiger partial charge in [0.05, 0.1) is 12.3 Å². The predicted octanol–water partition coefficient (Wildman–Crippen LogP) is 2.77. The Morgan fingerprint density at radius 3 is 2.77 bits per heavy atom. The van der Waals surface area contributed by atoms with E-state index >= 15 is 0 Å². The highest BCUT2D eigenvalue weighted by molar-refractivity contribution is 6.06. The zero-order valence-electron chi connectivity index (χ0n) is 13.9. The molecule has 4 rings (SSSR count). The lowest BCUT2D eigenvalue weighted by Gasteiger charge is -2.15. The molecule has 1 N–H and O–H groups in total. The topological polar surface area (TPSA) is 80.2 Å². The first-order chi connectivity index (χ1) is 12.7. The number of carbonyl (C=O) groups excluding carboxylic acids is 2. The molecule has 0 spiro atoms. The number of hydrogen-bond donors (Lipinski definition) is 1. The molecule has 1 saturated heterocycles. The van der Waals surface area contributed by atoms with Gasteiger partial charge in [0.2, 0.25) is 6.10 Å². The van der Waals surface area contributed by atoms with Crippen LogP contribution in [0.3, 0.4) is 0 Å². The maximum atomic E-state index is 12.5. The van der Waals surface area contributed by atoms with E-state index in [-0.39, 0.29) is 12.0 Å². The molecule has 26 heavy (non-hydrogen) atoms. The quantitative estimate of drug-likeness (QED) is 0.918. The van der Waals surface area contributed by atoms with Crippen LogP contribution in [-0.2, 0) is 14.4 Å². The van der Waals surface area contributed by atoms with E-state index in [0.717, 1.165) is 11.3 Å². The van der Waals surface area contributed by atoms with Crippen LogP contribution in [-0.4, -0.2) is 37.0 Å². The van der Waals surface area contributed by atoms with Crippen LogP contribution in [0.5, 0.6) is 0 Å². The molecular formula is C19H17N3O4. The Hall–Kier alpha value is -3.35. The minimum atomic E-state index is -0.675. The summed E-state index contributed by atoms with van der Waals surface area (Å²) >= 11 is 0. The number of benzene rings is 2. The van der Waals surface area contributed by atoms with Crippen molar-refractivity contribution in [3.63, 3.8) is 0 Å². The molecule has 0 unspecified atom stereocenters. The Labute approximate surface area is 150 Å². The number of carbonyl (C=O) groups is 2. The van der Waals surface area contributed by atoms with Gasteiger partial charge in [-0.25, -0.2) is 4.79 Å². The molecule has 2 aromatic rings. The highest BCUT2D eigenvalue weighted by atomic mass is 16.6. The maximum absolute atomic E-state index is 12.5. The lowest BCUT2D eigenvalue weighted by Crippen LogP contribution is -2.28. The van der Waals surface area contributed by atoms with Gasteiger partial charge in [-0.2, -0.15) is 0 Å². The smallest absolute Gasteiger partial charge is 0.414 e. The van der Waals surface area contributed by atoms with Gasteiger partial charge in [-0.3, -0.25) is 9.69 Å². The number of cyclic esters (lactones) is 1. The van der Waals surface area contributed by atoms with Crippen molar-refractivity contribution in [2.24, 2.45) is 5.16 Å². The Bertz CT molecular complexity index is 866. The molecule has 2 heterocycles. The maximum Gasteiger partial charge on any atom is 0.414 e. The summed E-state index contributed by atoms with van der Waals surface area (Å²) < 4.78 is 4.94. The van der Waals surface area contributed by atoms with E-state index in [9.17, 15) is 9.59 Å². The summed E-state index contributed by atoms with van der Waals surface area (Å²) in [7, 11) is 0. The second-order valence-corrected chi connectivity index (χ2v) is 6.01. The van der Waals surface area contributed by atoms with E-state index in [0.29, 0.717) is 30.9 Å². The molecule has 0 saturated carbocycles. The lowest BCUT2D eigenvalue weighted by molar-refractivity contribution is -0.125. The highest BCUT2D eigenvalue weighted by Crippen LogP contribution is 2.23. The largest absolute Gasteiger partial charge is 0.447 e. The van der Waals surface area contributed by atoms with Crippen molar-refractivity contribution in [3.8, 4) is 0 Å². The third-order valence-electron chi connectivity index (χ3n) is 4.25. The van der Waals surface area contributed by atoms with Crippen LogP contribution >= 0.6 is 0 Å². The van der Waals surface area contributed by atoms with Crippen molar-refractivity contribution in [1.29, 1.82) is 0 Å². The van der Waals surface area contributed by atoms with Gasteiger partial charge >= 0.3 is 6.09 Å². The van der Waals surface area contributed by atoms with Crippen LogP contribution in [0.25, 0.3) is 0 Å². The Kier molecular flexibility index (Phi) is 4.27. The van der Waals surface area contributed by atoms with E-state index in [1.165, 1.54) is 4.90 Å². The summed E-state index contributed by atoms with van der Waals surface area (Å²) in [5.74, 6) is -0.277. The second-order valence-electron chi connectivity index (χ2n) is 6.01.